The van der Waals surface area contributed by atoms with Crippen LogP contribution in [-0.4, -0.2) is 18.1 Å². The van der Waals surface area contributed by atoms with E-state index in [1.807, 2.05) is 12.1 Å². The van der Waals surface area contributed by atoms with Crippen LogP contribution in [0.3, 0.4) is 0 Å². The van der Waals surface area contributed by atoms with Gasteiger partial charge in [0.2, 0.25) is 5.91 Å². The number of ether oxygens (including phenoxy) is 2. The third kappa shape index (κ3) is 4.42. The second-order valence-corrected chi connectivity index (χ2v) is 8.70. The van der Waals surface area contributed by atoms with Gasteiger partial charge in [-0.25, -0.2) is 0 Å². The number of hydrogen-bond donors (Lipinski definition) is 1. The van der Waals surface area contributed by atoms with Gasteiger partial charge in [-0.2, -0.15) is 0 Å². The van der Waals surface area contributed by atoms with Crippen LogP contribution in [0.2, 0.25) is 0 Å². The summed E-state index contributed by atoms with van der Waals surface area (Å²) in [5.74, 6) is 2.47. The van der Waals surface area contributed by atoms with E-state index in [9.17, 15) is 4.79 Å². The molecule has 0 bridgehead atoms. The molecule has 1 atom stereocenters. The topological polar surface area (TPSA) is 47.6 Å². The number of fused-ring (bicyclic) bond motifs is 1. The van der Waals surface area contributed by atoms with Crippen molar-refractivity contribution in [3.63, 3.8) is 0 Å². The molecule has 152 valence electrons. The third-order valence-corrected chi connectivity index (χ3v) is 6.42. The number of carbonyl (C=O) groups excluding carboxylic acids is 1. The molecule has 4 heteroatoms. The van der Waals surface area contributed by atoms with E-state index in [0.29, 0.717) is 12.0 Å². The molecular weight excluding hydrogens is 362 g/mol. The monoisotopic (exact) mass is 391 g/mol. The van der Waals surface area contributed by atoms with Gasteiger partial charge in [-0.05, 0) is 80.7 Å². The molecule has 1 heterocycles. The van der Waals surface area contributed by atoms with Crippen LogP contribution >= 0.6 is 0 Å². The van der Waals surface area contributed by atoms with Gasteiger partial charge in [-0.3, -0.25) is 4.79 Å². The summed E-state index contributed by atoms with van der Waals surface area (Å²) in [6, 6.07) is 17.0. The summed E-state index contributed by atoms with van der Waals surface area (Å²) >= 11 is 0. The molecule has 2 aliphatic carbocycles. The zero-order chi connectivity index (χ0) is 19.6. The van der Waals surface area contributed by atoms with Gasteiger partial charge in [0.15, 0.2) is 0 Å². The maximum atomic E-state index is 11.9. The largest absolute Gasteiger partial charge is 0.490 e. The second-order valence-electron chi connectivity index (χ2n) is 8.70. The molecule has 5 rings (SSSR count). The Kier molecular flexibility index (Phi) is 5.17. The van der Waals surface area contributed by atoms with Gasteiger partial charge in [-0.1, -0.05) is 30.3 Å². The fraction of sp³-hybridized carbons (Fsp3) is 0.480. The molecule has 0 saturated heterocycles. The van der Waals surface area contributed by atoms with Gasteiger partial charge >= 0.3 is 0 Å². The standard InChI is InChI=1S/C25H29NO3/c27-25(18-6-7-18)26-20-9-11-21(12-10-20)28-22-13-15-24-19(16-22)8-14-23(29-24)17-4-2-1-3-5-17/h1-5,13,15-16,18,20-21,23H,6-12,14H2,(H,26,27)/t20-,21-,23?. The van der Waals surface area contributed by atoms with Crippen molar-refractivity contribution in [3.8, 4) is 11.5 Å². The van der Waals surface area contributed by atoms with E-state index in [1.54, 1.807) is 0 Å². The molecule has 0 radical (unpaired) electrons. The first-order chi connectivity index (χ1) is 14.2. The highest BCUT2D eigenvalue weighted by atomic mass is 16.5. The average molecular weight is 392 g/mol. The Labute approximate surface area is 172 Å². The van der Waals surface area contributed by atoms with Crippen molar-refractivity contribution in [2.75, 3.05) is 0 Å². The van der Waals surface area contributed by atoms with Crippen molar-refractivity contribution in [1.82, 2.24) is 5.32 Å². The van der Waals surface area contributed by atoms with Crippen LogP contribution in [-0.2, 0) is 11.2 Å². The Hall–Kier alpha value is -2.49. The lowest BCUT2D eigenvalue weighted by atomic mass is 9.92. The van der Waals surface area contributed by atoms with E-state index >= 15 is 0 Å². The molecular formula is C25H29NO3. The Morgan fingerprint density at radius 3 is 2.48 bits per heavy atom. The number of rotatable bonds is 5. The number of amides is 1. The van der Waals surface area contributed by atoms with E-state index in [0.717, 1.165) is 62.9 Å². The molecule has 2 aromatic carbocycles. The Bertz CT molecular complexity index is 854. The molecule has 1 amide bonds. The zero-order valence-corrected chi connectivity index (χ0v) is 16.8. The maximum absolute atomic E-state index is 11.9. The smallest absolute Gasteiger partial charge is 0.223 e. The van der Waals surface area contributed by atoms with Crippen molar-refractivity contribution >= 4 is 5.91 Å². The van der Waals surface area contributed by atoms with Crippen molar-refractivity contribution in [2.45, 2.75) is 69.6 Å². The fourth-order valence-corrected chi connectivity index (χ4v) is 4.52. The molecule has 1 N–H and O–H groups in total. The lowest BCUT2D eigenvalue weighted by molar-refractivity contribution is -0.123. The Morgan fingerprint density at radius 1 is 0.931 bits per heavy atom. The Balaban J connectivity index is 1.15. The van der Waals surface area contributed by atoms with Gasteiger partial charge in [0.05, 0.1) is 6.10 Å². The molecule has 2 saturated carbocycles. The summed E-state index contributed by atoms with van der Waals surface area (Å²) < 4.78 is 12.5. The van der Waals surface area contributed by atoms with E-state index in [1.165, 1.54) is 11.1 Å². The third-order valence-electron chi connectivity index (χ3n) is 6.42. The second kappa shape index (κ2) is 8.10. The summed E-state index contributed by atoms with van der Waals surface area (Å²) in [4.78, 5) is 11.9. The first kappa shape index (κ1) is 18.5. The fourth-order valence-electron chi connectivity index (χ4n) is 4.52. The highest BCUT2D eigenvalue weighted by Crippen LogP contribution is 2.37. The Morgan fingerprint density at radius 2 is 1.72 bits per heavy atom. The lowest BCUT2D eigenvalue weighted by Crippen LogP contribution is -2.40. The van der Waals surface area contributed by atoms with E-state index < -0.39 is 0 Å². The highest BCUT2D eigenvalue weighted by molar-refractivity contribution is 5.81. The molecule has 4 nitrogen and oxygen atoms in total. The minimum atomic E-state index is 0.136. The summed E-state index contributed by atoms with van der Waals surface area (Å²) in [5, 5.41) is 3.21. The highest BCUT2D eigenvalue weighted by Gasteiger charge is 2.32. The molecule has 29 heavy (non-hydrogen) atoms. The molecule has 1 unspecified atom stereocenters. The number of aryl methyl sites for hydroxylation is 1. The van der Waals surface area contributed by atoms with Gasteiger partial charge in [0.1, 0.15) is 17.6 Å². The quantitative estimate of drug-likeness (QED) is 0.783. The number of benzene rings is 2. The van der Waals surface area contributed by atoms with Crippen molar-refractivity contribution in [3.05, 3.63) is 59.7 Å². The van der Waals surface area contributed by atoms with Crippen LogP contribution < -0.4 is 14.8 Å². The molecule has 2 aromatic rings. The van der Waals surface area contributed by atoms with Crippen molar-refractivity contribution < 1.29 is 14.3 Å². The van der Waals surface area contributed by atoms with Crippen LogP contribution in [0.15, 0.2) is 48.5 Å². The normalized spacial score (nSPS) is 26.1. The van der Waals surface area contributed by atoms with Gasteiger partial charge in [0.25, 0.3) is 0 Å². The maximum Gasteiger partial charge on any atom is 0.223 e. The van der Waals surface area contributed by atoms with Crippen molar-refractivity contribution in [1.29, 1.82) is 0 Å². The van der Waals surface area contributed by atoms with E-state index in [-0.39, 0.29) is 18.1 Å². The van der Waals surface area contributed by atoms with Crippen LogP contribution in [0.1, 0.15) is 62.2 Å². The summed E-state index contributed by atoms with van der Waals surface area (Å²) in [6.07, 6.45) is 8.53. The van der Waals surface area contributed by atoms with E-state index in [4.69, 9.17) is 9.47 Å². The van der Waals surface area contributed by atoms with Gasteiger partial charge < -0.3 is 14.8 Å². The lowest BCUT2D eigenvalue weighted by Gasteiger charge is -2.30. The number of carbonyl (C=O) groups is 1. The number of hydrogen-bond acceptors (Lipinski definition) is 3. The molecule has 0 spiro atoms. The van der Waals surface area contributed by atoms with Crippen LogP contribution in [0.25, 0.3) is 0 Å². The van der Waals surface area contributed by atoms with Crippen LogP contribution in [0, 0.1) is 5.92 Å². The summed E-state index contributed by atoms with van der Waals surface area (Å²) in [6.45, 7) is 0. The predicted octanol–water partition coefficient (Wildman–Crippen LogP) is 4.97. The number of nitrogens with one attached hydrogen (secondary N) is 1. The minimum Gasteiger partial charge on any atom is -0.490 e. The van der Waals surface area contributed by atoms with Crippen molar-refractivity contribution in [2.24, 2.45) is 5.92 Å². The average Bonchev–Trinajstić information content (AvgIpc) is 3.61. The van der Waals surface area contributed by atoms with Crippen LogP contribution in [0.4, 0.5) is 0 Å². The van der Waals surface area contributed by atoms with Gasteiger partial charge in [0, 0.05) is 12.0 Å². The summed E-state index contributed by atoms with van der Waals surface area (Å²) in [7, 11) is 0. The first-order valence-electron chi connectivity index (χ1n) is 11.1. The molecule has 1 aliphatic heterocycles. The van der Waals surface area contributed by atoms with E-state index in [2.05, 4.69) is 41.7 Å². The van der Waals surface area contributed by atoms with Crippen LogP contribution in [0.5, 0.6) is 11.5 Å². The zero-order valence-electron chi connectivity index (χ0n) is 16.8. The molecule has 2 fully saturated rings. The first-order valence-corrected chi connectivity index (χ1v) is 11.1. The SMILES string of the molecule is O=C(N[C@H]1CC[C@H](Oc2ccc3c(c2)CCC(c2ccccc2)O3)CC1)C1CC1. The predicted molar refractivity (Wildman–Crippen MR) is 112 cm³/mol. The summed E-state index contributed by atoms with van der Waals surface area (Å²) in [5.41, 5.74) is 2.48. The van der Waals surface area contributed by atoms with Gasteiger partial charge in [-0.15, -0.1) is 0 Å². The molecule has 0 aromatic heterocycles. The minimum absolute atomic E-state index is 0.136. The molecule has 3 aliphatic rings.